The van der Waals surface area contributed by atoms with Gasteiger partial charge in [0.05, 0.1) is 35.7 Å². The quantitative estimate of drug-likeness (QED) is 0.118. The van der Waals surface area contributed by atoms with E-state index in [1.165, 1.54) is 19.1 Å². The molecule has 0 amide bonds. The van der Waals surface area contributed by atoms with Gasteiger partial charge < -0.3 is 30.0 Å². The number of carbonyl (C=O) groups excluding carboxylic acids is 2. The van der Waals surface area contributed by atoms with Gasteiger partial charge in [-0.15, -0.1) is 0 Å². The molecule has 1 heterocycles. The van der Waals surface area contributed by atoms with E-state index in [2.05, 4.69) is 15.4 Å². The van der Waals surface area contributed by atoms with E-state index in [-0.39, 0.29) is 36.1 Å². The third kappa shape index (κ3) is 9.53. The molecule has 11 nitrogen and oxygen atoms in total. The van der Waals surface area contributed by atoms with Crippen molar-refractivity contribution in [2.45, 2.75) is 57.9 Å². The maximum absolute atomic E-state index is 14.1. The minimum absolute atomic E-state index is 0.0924. The number of aliphatic hydroxyl groups excluding tert-OH is 1. The average Bonchev–Trinajstić information content (AvgIpc) is 3.00. The summed E-state index contributed by atoms with van der Waals surface area (Å²) in [7, 11) is 0.893. The van der Waals surface area contributed by atoms with Crippen LogP contribution in [0.2, 0.25) is 0 Å². The van der Waals surface area contributed by atoms with Crippen LogP contribution in [0.5, 0.6) is 5.75 Å². The number of allylic oxidation sites excluding steroid dienone is 2. The zero-order valence-electron chi connectivity index (χ0n) is 25.3. The second-order valence-electron chi connectivity index (χ2n) is 10.6. The molecule has 1 aliphatic heterocycles. The molecule has 3 N–H and O–H groups in total. The molecule has 0 radical (unpaired) electrons. The average molecular weight is 636 g/mol. The molecule has 2 aromatic rings. The van der Waals surface area contributed by atoms with Crippen molar-refractivity contribution in [1.82, 2.24) is 10.6 Å². The SMILES string of the molecule is COC(=O)C1=C(C(F)(F)F)NC(C)=C(C(=O)OCCCc2ccc(OCC(O)CNC(C)C)cc2)C1c1cccc([N+](=O)[O-])c1. The van der Waals surface area contributed by atoms with Gasteiger partial charge in [0.1, 0.15) is 24.2 Å². The summed E-state index contributed by atoms with van der Waals surface area (Å²) in [6, 6.07) is 12.0. The molecule has 0 saturated carbocycles. The molecule has 14 heteroatoms. The van der Waals surface area contributed by atoms with Crippen molar-refractivity contribution in [1.29, 1.82) is 0 Å². The maximum atomic E-state index is 14.1. The molecule has 2 aromatic carbocycles. The van der Waals surface area contributed by atoms with E-state index in [4.69, 9.17) is 9.47 Å². The molecule has 0 spiro atoms. The lowest BCUT2D eigenvalue weighted by molar-refractivity contribution is -0.384. The van der Waals surface area contributed by atoms with E-state index in [0.717, 1.165) is 24.8 Å². The number of rotatable bonds is 14. The van der Waals surface area contributed by atoms with Crippen LogP contribution < -0.4 is 15.4 Å². The first-order chi connectivity index (χ1) is 21.2. The highest BCUT2D eigenvalue weighted by Crippen LogP contribution is 2.44. The van der Waals surface area contributed by atoms with Crippen LogP contribution in [0.15, 0.2) is 71.1 Å². The predicted molar refractivity (Wildman–Crippen MR) is 157 cm³/mol. The number of aryl methyl sites for hydroxylation is 1. The molecule has 0 aliphatic carbocycles. The van der Waals surface area contributed by atoms with Crippen molar-refractivity contribution in [2.75, 3.05) is 26.9 Å². The van der Waals surface area contributed by atoms with Crippen molar-refractivity contribution in [3.63, 3.8) is 0 Å². The van der Waals surface area contributed by atoms with E-state index in [1.807, 2.05) is 26.0 Å². The Bertz CT molecular complexity index is 1440. The lowest BCUT2D eigenvalue weighted by Crippen LogP contribution is -2.38. The Kier molecular flexibility index (Phi) is 12.1. The predicted octanol–water partition coefficient (Wildman–Crippen LogP) is 4.46. The summed E-state index contributed by atoms with van der Waals surface area (Å²) < 4.78 is 57.9. The number of halogens is 3. The van der Waals surface area contributed by atoms with E-state index in [0.29, 0.717) is 25.1 Å². The Morgan fingerprint density at radius 2 is 1.80 bits per heavy atom. The number of ether oxygens (including phenoxy) is 3. The van der Waals surface area contributed by atoms with Gasteiger partial charge in [0.15, 0.2) is 0 Å². The van der Waals surface area contributed by atoms with Gasteiger partial charge in [0, 0.05) is 30.4 Å². The summed E-state index contributed by atoms with van der Waals surface area (Å²) in [6.07, 6.45) is -4.86. The number of hydrogen-bond acceptors (Lipinski definition) is 10. The number of dihydropyridines is 1. The van der Waals surface area contributed by atoms with E-state index >= 15 is 0 Å². The minimum atomic E-state index is -5.04. The number of nitro groups is 1. The fraction of sp³-hybridized carbons (Fsp3) is 0.419. The topological polar surface area (TPSA) is 149 Å². The molecular weight excluding hydrogens is 599 g/mol. The lowest BCUT2D eigenvalue weighted by Gasteiger charge is -2.31. The molecule has 2 atom stereocenters. The number of nitro benzene ring substituents is 1. The number of benzene rings is 2. The number of alkyl halides is 3. The Labute approximate surface area is 258 Å². The number of non-ortho nitro benzene ring substituents is 1. The normalized spacial score (nSPS) is 15.9. The Hall–Kier alpha value is -4.43. The van der Waals surface area contributed by atoms with Gasteiger partial charge in [-0.2, -0.15) is 13.2 Å². The summed E-state index contributed by atoms with van der Waals surface area (Å²) in [5, 5.41) is 26.6. The number of aliphatic hydroxyl groups is 1. The summed E-state index contributed by atoms with van der Waals surface area (Å²) in [6.45, 7) is 5.59. The van der Waals surface area contributed by atoms with Gasteiger partial charge in [0.2, 0.25) is 0 Å². The third-order valence-corrected chi connectivity index (χ3v) is 6.86. The summed E-state index contributed by atoms with van der Waals surface area (Å²) in [5.74, 6) is -3.44. The number of nitrogens with one attached hydrogen (secondary N) is 2. The Morgan fingerprint density at radius 1 is 1.11 bits per heavy atom. The van der Waals surface area contributed by atoms with Crippen molar-refractivity contribution in [3.8, 4) is 5.75 Å². The fourth-order valence-electron chi connectivity index (χ4n) is 4.70. The van der Waals surface area contributed by atoms with E-state index in [9.17, 15) is 38.0 Å². The van der Waals surface area contributed by atoms with Crippen LogP contribution in [-0.4, -0.2) is 67.2 Å². The molecular formula is C31H36F3N3O8. The third-order valence-electron chi connectivity index (χ3n) is 6.86. The minimum Gasteiger partial charge on any atom is -0.491 e. The second kappa shape index (κ2) is 15.5. The van der Waals surface area contributed by atoms with Gasteiger partial charge >= 0.3 is 18.1 Å². The maximum Gasteiger partial charge on any atom is 0.431 e. The Morgan fingerprint density at radius 3 is 2.40 bits per heavy atom. The molecule has 0 fully saturated rings. The van der Waals surface area contributed by atoms with Crippen molar-refractivity contribution >= 4 is 17.6 Å². The Balaban J connectivity index is 1.73. The molecule has 0 saturated heterocycles. The first-order valence-corrected chi connectivity index (χ1v) is 14.1. The first-order valence-electron chi connectivity index (χ1n) is 14.1. The second-order valence-corrected chi connectivity index (χ2v) is 10.6. The largest absolute Gasteiger partial charge is 0.491 e. The van der Waals surface area contributed by atoms with Crippen LogP contribution in [0.1, 0.15) is 44.2 Å². The lowest BCUT2D eigenvalue weighted by atomic mass is 9.80. The van der Waals surface area contributed by atoms with Crippen LogP contribution in [-0.2, 0) is 25.5 Å². The molecule has 45 heavy (non-hydrogen) atoms. The van der Waals surface area contributed by atoms with Crippen molar-refractivity contribution in [2.24, 2.45) is 0 Å². The monoisotopic (exact) mass is 635 g/mol. The molecule has 0 bridgehead atoms. The van der Waals surface area contributed by atoms with Crippen LogP contribution in [0.3, 0.4) is 0 Å². The van der Waals surface area contributed by atoms with Crippen molar-refractivity contribution in [3.05, 3.63) is 92.3 Å². The highest BCUT2D eigenvalue weighted by atomic mass is 19.4. The van der Waals surface area contributed by atoms with Crippen LogP contribution in [0, 0.1) is 10.1 Å². The fourth-order valence-corrected chi connectivity index (χ4v) is 4.70. The smallest absolute Gasteiger partial charge is 0.431 e. The number of esters is 2. The van der Waals surface area contributed by atoms with Crippen molar-refractivity contribution < 1.29 is 47.0 Å². The number of methoxy groups -OCH3 is 1. The van der Waals surface area contributed by atoms with Gasteiger partial charge in [-0.3, -0.25) is 10.1 Å². The van der Waals surface area contributed by atoms with E-state index in [1.54, 1.807) is 12.1 Å². The molecule has 0 aromatic heterocycles. The van der Waals surface area contributed by atoms with Gasteiger partial charge in [-0.05, 0) is 43.0 Å². The summed E-state index contributed by atoms with van der Waals surface area (Å²) >= 11 is 0. The molecule has 3 rings (SSSR count). The highest BCUT2D eigenvalue weighted by molar-refractivity contribution is 6.00. The standard InChI is InChI=1S/C31H36F3N3O8/c1-18(2)35-16-23(38)17-45-24-12-10-20(11-13-24)7-6-14-44-30(40)25-19(3)36-28(31(32,33)34)27(29(39)43-4)26(25)21-8-5-9-22(15-21)37(41)42/h5,8-13,15,18,23,26,35-36,38H,6-7,14,16-17H2,1-4H3. The van der Waals surface area contributed by atoms with Gasteiger partial charge in [0.25, 0.3) is 5.69 Å². The number of carbonyl (C=O) groups is 2. The number of hydrogen-bond donors (Lipinski definition) is 3. The summed E-state index contributed by atoms with van der Waals surface area (Å²) in [5.41, 5.74) is -2.53. The van der Waals surface area contributed by atoms with Crippen LogP contribution in [0.25, 0.3) is 0 Å². The zero-order valence-corrected chi connectivity index (χ0v) is 25.3. The molecule has 1 aliphatic rings. The zero-order chi connectivity index (χ0) is 33.3. The highest BCUT2D eigenvalue weighted by Gasteiger charge is 2.47. The number of nitrogens with zero attached hydrogens (tertiary/aromatic N) is 1. The van der Waals surface area contributed by atoms with Gasteiger partial charge in [-0.25, -0.2) is 9.59 Å². The summed E-state index contributed by atoms with van der Waals surface area (Å²) in [4.78, 5) is 36.7. The molecule has 244 valence electrons. The first kappa shape index (κ1) is 35.1. The van der Waals surface area contributed by atoms with Crippen LogP contribution >= 0.6 is 0 Å². The molecule has 2 unspecified atom stereocenters. The van der Waals surface area contributed by atoms with E-state index < -0.39 is 52.0 Å². The van der Waals surface area contributed by atoms with Crippen LogP contribution in [0.4, 0.5) is 18.9 Å². The van der Waals surface area contributed by atoms with Gasteiger partial charge in [-0.1, -0.05) is 38.1 Å².